The van der Waals surface area contributed by atoms with Crippen LogP contribution in [-0.2, 0) is 6.42 Å². The van der Waals surface area contributed by atoms with E-state index in [1.54, 1.807) is 0 Å². The first-order chi connectivity index (χ1) is 9.15. The third kappa shape index (κ3) is 2.96. The van der Waals surface area contributed by atoms with Crippen LogP contribution in [0.2, 0.25) is 5.02 Å². The lowest BCUT2D eigenvalue weighted by atomic mass is 9.94. The maximum atomic E-state index is 6.15. The van der Waals surface area contributed by atoms with Crippen molar-refractivity contribution in [3.05, 3.63) is 47.1 Å². The smallest absolute Gasteiger partial charge is 0.0660 e. The molecule has 0 saturated carbocycles. The van der Waals surface area contributed by atoms with Crippen LogP contribution in [0.5, 0.6) is 0 Å². The van der Waals surface area contributed by atoms with E-state index in [0.29, 0.717) is 6.04 Å². The second-order valence-electron chi connectivity index (χ2n) is 4.62. The maximum Gasteiger partial charge on any atom is 0.0660 e. The van der Waals surface area contributed by atoms with Gasteiger partial charge in [0.05, 0.1) is 24.1 Å². The highest BCUT2D eigenvalue weighted by Crippen LogP contribution is 2.40. The van der Waals surface area contributed by atoms with E-state index < -0.39 is 0 Å². The predicted molar refractivity (Wildman–Crippen MR) is 95.5 cm³/mol. The summed E-state index contributed by atoms with van der Waals surface area (Å²) in [4.78, 5) is 1.53. The third-order valence-electron chi connectivity index (χ3n) is 3.37. The van der Waals surface area contributed by atoms with Crippen LogP contribution in [0.25, 0.3) is 0 Å². The summed E-state index contributed by atoms with van der Waals surface area (Å²) in [6.45, 7) is 0. The highest BCUT2D eigenvalue weighted by molar-refractivity contribution is 14.1. The zero-order valence-corrected chi connectivity index (χ0v) is 15.4. The van der Waals surface area contributed by atoms with Gasteiger partial charge in [-0.2, -0.15) is 0 Å². The van der Waals surface area contributed by atoms with Gasteiger partial charge in [-0.25, -0.2) is 0 Å². The van der Waals surface area contributed by atoms with Crippen molar-refractivity contribution >= 4 is 67.1 Å². The monoisotopic (exact) mass is 467 g/mol. The number of hydrogen-bond donors (Lipinski definition) is 1. The topological polar surface area (TPSA) is 12.0 Å². The van der Waals surface area contributed by atoms with Gasteiger partial charge < -0.3 is 5.32 Å². The third-order valence-corrected chi connectivity index (χ3v) is 6.73. The highest BCUT2D eigenvalue weighted by atomic mass is 127. The predicted octanol–water partition coefficient (Wildman–Crippen LogP) is 6.26. The lowest BCUT2D eigenvalue weighted by molar-refractivity contribution is 0.608. The van der Waals surface area contributed by atoms with Crippen molar-refractivity contribution in [3.8, 4) is 0 Å². The van der Waals surface area contributed by atoms with Crippen molar-refractivity contribution in [2.45, 2.75) is 25.3 Å². The fourth-order valence-corrected chi connectivity index (χ4v) is 5.15. The van der Waals surface area contributed by atoms with Crippen LogP contribution in [0.3, 0.4) is 0 Å². The van der Waals surface area contributed by atoms with Crippen LogP contribution in [0.4, 0.5) is 5.69 Å². The SMILES string of the molecule is Clc1cccc(NC2CCCc3sc(I)cc32)c1Br. The number of halogens is 3. The van der Waals surface area contributed by atoms with Crippen molar-refractivity contribution in [1.82, 2.24) is 0 Å². The van der Waals surface area contributed by atoms with Crippen LogP contribution < -0.4 is 5.32 Å². The summed E-state index contributed by atoms with van der Waals surface area (Å²) in [5, 5.41) is 4.38. The average molecular weight is 469 g/mol. The van der Waals surface area contributed by atoms with Gasteiger partial charge in [-0.15, -0.1) is 11.3 Å². The molecule has 0 amide bonds. The first-order valence-corrected chi connectivity index (χ1v) is 9.20. The Kier molecular flexibility index (Phi) is 4.41. The number of rotatable bonds is 2. The van der Waals surface area contributed by atoms with E-state index in [0.717, 1.165) is 15.2 Å². The Morgan fingerprint density at radius 3 is 3.11 bits per heavy atom. The molecule has 0 saturated heterocycles. The van der Waals surface area contributed by atoms with Gasteiger partial charge >= 0.3 is 0 Å². The Bertz CT molecular complexity index is 613. The van der Waals surface area contributed by atoms with E-state index in [4.69, 9.17) is 11.6 Å². The Hall–Kier alpha value is 0.220. The molecule has 3 rings (SSSR count). The van der Waals surface area contributed by atoms with Gasteiger partial charge in [-0.1, -0.05) is 17.7 Å². The molecule has 0 spiro atoms. The van der Waals surface area contributed by atoms with E-state index >= 15 is 0 Å². The standard InChI is InChI=1S/C14H12BrClINS/c15-14-9(16)3-1-5-11(14)18-10-4-2-6-12-8(10)7-13(17)19-12/h1,3,5,7,10,18H,2,4,6H2. The number of nitrogens with one attached hydrogen (secondary N) is 1. The van der Waals surface area contributed by atoms with E-state index in [9.17, 15) is 0 Å². The van der Waals surface area contributed by atoms with E-state index in [1.807, 2.05) is 23.5 Å². The number of anilines is 1. The second-order valence-corrected chi connectivity index (χ2v) is 8.85. The van der Waals surface area contributed by atoms with Crippen molar-refractivity contribution < 1.29 is 0 Å². The molecule has 1 aliphatic carbocycles. The Morgan fingerprint density at radius 2 is 2.26 bits per heavy atom. The van der Waals surface area contributed by atoms with Gasteiger partial charge in [0, 0.05) is 4.88 Å². The van der Waals surface area contributed by atoms with Crippen molar-refractivity contribution in [3.63, 3.8) is 0 Å². The molecule has 0 bridgehead atoms. The molecule has 5 heteroatoms. The van der Waals surface area contributed by atoms with Gasteiger partial charge in [0.15, 0.2) is 0 Å². The summed E-state index contributed by atoms with van der Waals surface area (Å²) < 4.78 is 2.33. The molecule has 1 aliphatic rings. The number of benzene rings is 1. The van der Waals surface area contributed by atoms with Gasteiger partial charge in [0.1, 0.15) is 0 Å². The molecule has 19 heavy (non-hydrogen) atoms. The number of fused-ring (bicyclic) bond motifs is 1. The Labute approximate surface area is 144 Å². The van der Waals surface area contributed by atoms with Gasteiger partial charge in [0.25, 0.3) is 0 Å². The van der Waals surface area contributed by atoms with Gasteiger partial charge in [0.2, 0.25) is 0 Å². The lowest BCUT2D eigenvalue weighted by Crippen LogP contribution is -2.15. The molecule has 1 nitrogen and oxygen atoms in total. The van der Waals surface area contributed by atoms with Crippen molar-refractivity contribution in [2.75, 3.05) is 5.32 Å². The minimum absolute atomic E-state index is 0.401. The van der Waals surface area contributed by atoms with Crippen LogP contribution in [0.1, 0.15) is 29.3 Å². The molecule has 1 atom stereocenters. The fourth-order valence-electron chi connectivity index (χ4n) is 2.47. The van der Waals surface area contributed by atoms with Crippen LogP contribution >= 0.6 is 61.5 Å². The molecule has 1 aromatic carbocycles. The van der Waals surface area contributed by atoms with Gasteiger partial charge in [-0.3, -0.25) is 0 Å². The summed E-state index contributed by atoms with van der Waals surface area (Å²) in [5.41, 5.74) is 2.54. The fraction of sp³-hybridized carbons (Fsp3) is 0.286. The summed E-state index contributed by atoms with van der Waals surface area (Å²) in [7, 11) is 0. The highest BCUT2D eigenvalue weighted by Gasteiger charge is 2.23. The normalized spacial score (nSPS) is 18.2. The lowest BCUT2D eigenvalue weighted by Gasteiger charge is -2.25. The summed E-state index contributed by atoms with van der Waals surface area (Å²) >= 11 is 14.0. The molecular formula is C14H12BrClINS. The maximum absolute atomic E-state index is 6.15. The molecule has 2 aromatic rings. The molecule has 1 aromatic heterocycles. The second kappa shape index (κ2) is 5.92. The van der Waals surface area contributed by atoms with Crippen LogP contribution in [-0.4, -0.2) is 0 Å². The number of thiophene rings is 1. The molecule has 1 heterocycles. The first-order valence-electron chi connectivity index (χ1n) is 6.14. The number of aryl methyl sites for hydroxylation is 1. The average Bonchev–Trinajstić information content (AvgIpc) is 2.76. The van der Waals surface area contributed by atoms with Crippen molar-refractivity contribution in [2.24, 2.45) is 0 Å². The minimum Gasteiger partial charge on any atom is -0.377 e. The summed E-state index contributed by atoms with van der Waals surface area (Å²) in [5.74, 6) is 0. The first kappa shape index (κ1) is 14.2. The molecular weight excluding hydrogens is 456 g/mol. The zero-order valence-electron chi connectivity index (χ0n) is 10.1. The van der Waals surface area contributed by atoms with Gasteiger partial charge in [-0.05, 0) is 81.5 Å². The quantitative estimate of drug-likeness (QED) is 0.513. The Morgan fingerprint density at radius 1 is 1.42 bits per heavy atom. The Balaban J connectivity index is 1.90. The molecule has 100 valence electrons. The zero-order chi connectivity index (χ0) is 13.4. The molecule has 0 fully saturated rings. The van der Waals surface area contributed by atoms with E-state index in [2.05, 4.69) is 56.0 Å². The largest absolute Gasteiger partial charge is 0.377 e. The van der Waals surface area contributed by atoms with Crippen LogP contribution in [0, 0.1) is 2.88 Å². The van der Waals surface area contributed by atoms with Crippen LogP contribution in [0.15, 0.2) is 28.7 Å². The van der Waals surface area contributed by atoms with E-state index in [-0.39, 0.29) is 0 Å². The molecule has 1 N–H and O–H groups in total. The molecule has 0 radical (unpaired) electrons. The van der Waals surface area contributed by atoms with E-state index in [1.165, 1.54) is 32.6 Å². The summed E-state index contributed by atoms with van der Waals surface area (Å²) in [6.07, 6.45) is 3.65. The molecule has 1 unspecified atom stereocenters. The number of hydrogen-bond acceptors (Lipinski definition) is 2. The summed E-state index contributed by atoms with van der Waals surface area (Å²) in [6, 6.07) is 8.67. The molecule has 0 aliphatic heterocycles. The van der Waals surface area contributed by atoms with Crippen molar-refractivity contribution in [1.29, 1.82) is 0 Å². The minimum atomic E-state index is 0.401.